The fraction of sp³-hybridized carbons (Fsp3) is 0.300. The van der Waals surface area contributed by atoms with Crippen LogP contribution in [-0.2, 0) is 27.7 Å². The van der Waals surface area contributed by atoms with Crippen LogP contribution in [0.15, 0.2) is 47.5 Å². The van der Waals surface area contributed by atoms with Gasteiger partial charge in [0, 0.05) is 24.0 Å². The Morgan fingerprint density at radius 3 is 2.75 bits per heavy atom. The number of aromatic amines is 1. The number of carbonyl (C=O) groups excluding carboxylic acids is 1. The Hall–Kier alpha value is -2.71. The number of nitrogens with one attached hydrogen (secondary N) is 3. The average Bonchev–Trinajstić information content (AvgIpc) is 3.15. The number of hydrogen-bond donors (Lipinski definition) is 3. The van der Waals surface area contributed by atoms with E-state index in [1.54, 1.807) is 24.4 Å². The van der Waals surface area contributed by atoms with Crippen LogP contribution in [-0.4, -0.2) is 31.1 Å². The van der Waals surface area contributed by atoms with Crippen molar-refractivity contribution in [2.24, 2.45) is 0 Å². The van der Waals surface area contributed by atoms with Crippen LogP contribution >= 0.6 is 0 Å². The molecule has 1 aromatic heterocycles. The third-order valence-corrected chi connectivity index (χ3v) is 6.46. The average molecular weight is 398 g/mol. The third-order valence-electron chi connectivity index (χ3n) is 5.00. The highest BCUT2D eigenvalue weighted by atomic mass is 32.2. The number of carbonyl (C=O) groups is 1. The molecule has 8 heteroatoms. The summed E-state index contributed by atoms with van der Waals surface area (Å²) >= 11 is 0. The van der Waals surface area contributed by atoms with E-state index in [0.29, 0.717) is 5.69 Å². The minimum atomic E-state index is -3.63. The lowest BCUT2D eigenvalue weighted by Gasteiger charge is -2.16. The van der Waals surface area contributed by atoms with Crippen molar-refractivity contribution in [1.82, 2.24) is 14.9 Å². The molecule has 0 radical (unpaired) electrons. The summed E-state index contributed by atoms with van der Waals surface area (Å²) in [7, 11) is -3.63. The minimum Gasteiger partial charge on any atom is -0.326 e. The summed E-state index contributed by atoms with van der Waals surface area (Å²) < 4.78 is 27.6. The largest absolute Gasteiger partial charge is 0.326 e. The highest BCUT2D eigenvalue weighted by Crippen LogP contribution is 2.24. The molecule has 1 aliphatic carbocycles. The first-order valence-electron chi connectivity index (χ1n) is 9.36. The van der Waals surface area contributed by atoms with Crippen LogP contribution in [0.25, 0.3) is 10.9 Å². The Balaban J connectivity index is 1.33. The van der Waals surface area contributed by atoms with E-state index in [1.807, 2.05) is 18.2 Å². The maximum Gasteiger partial charge on any atom is 0.240 e. The van der Waals surface area contributed by atoms with E-state index in [-0.39, 0.29) is 23.8 Å². The van der Waals surface area contributed by atoms with E-state index in [2.05, 4.69) is 20.2 Å². The number of nitrogens with zero attached hydrogens (tertiary/aromatic N) is 1. The first-order valence-corrected chi connectivity index (χ1v) is 10.8. The Labute approximate surface area is 163 Å². The van der Waals surface area contributed by atoms with Gasteiger partial charge in [-0.3, -0.25) is 9.89 Å². The zero-order valence-electron chi connectivity index (χ0n) is 15.4. The van der Waals surface area contributed by atoms with Crippen molar-refractivity contribution in [2.75, 3.05) is 11.9 Å². The molecule has 1 amide bonds. The highest BCUT2D eigenvalue weighted by Gasteiger charge is 2.18. The standard InChI is InChI=1S/C20H22N4O3S/c25-20(23-17-6-8-19-16(11-17)13-21-24-19)9-10-22-28(26,27)18-7-5-14-3-1-2-4-15(14)12-18/h5-8,11-13,22H,1-4,9-10H2,(H,21,24)(H,23,25). The van der Waals surface area contributed by atoms with Crippen molar-refractivity contribution in [1.29, 1.82) is 0 Å². The van der Waals surface area contributed by atoms with Crippen molar-refractivity contribution in [3.05, 3.63) is 53.7 Å². The molecule has 0 spiro atoms. The molecule has 28 heavy (non-hydrogen) atoms. The number of H-pyrrole nitrogens is 1. The van der Waals surface area contributed by atoms with Gasteiger partial charge < -0.3 is 5.32 Å². The SMILES string of the molecule is O=C(CCNS(=O)(=O)c1ccc2c(c1)CCCC2)Nc1ccc2[nH]ncc2c1. The summed E-state index contributed by atoms with van der Waals surface area (Å²) in [6, 6.07) is 10.7. The van der Waals surface area contributed by atoms with E-state index in [9.17, 15) is 13.2 Å². The molecule has 1 heterocycles. The summed E-state index contributed by atoms with van der Waals surface area (Å²) in [5.74, 6) is -0.254. The number of fused-ring (bicyclic) bond motifs is 2. The lowest BCUT2D eigenvalue weighted by molar-refractivity contribution is -0.116. The molecule has 7 nitrogen and oxygen atoms in total. The maximum atomic E-state index is 12.5. The first kappa shape index (κ1) is 18.6. The molecule has 4 rings (SSSR count). The molecule has 0 aliphatic heterocycles. The molecule has 3 N–H and O–H groups in total. The summed E-state index contributed by atoms with van der Waals surface area (Å²) in [5.41, 5.74) is 3.88. The van der Waals surface area contributed by atoms with E-state index < -0.39 is 10.0 Å². The number of sulfonamides is 1. The van der Waals surface area contributed by atoms with Gasteiger partial charge in [0.1, 0.15) is 0 Å². The van der Waals surface area contributed by atoms with Gasteiger partial charge in [-0.15, -0.1) is 0 Å². The van der Waals surface area contributed by atoms with Crippen molar-refractivity contribution >= 4 is 32.5 Å². The summed E-state index contributed by atoms with van der Waals surface area (Å²) in [6.45, 7) is 0.0409. The first-order chi connectivity index (χ1) is 13.5. The monoisotopic (exact) mass is 398 g/mol. The Morgan fingerprint density at radius 1 is 1.07 bits per heavy atom. The van der Waals surface area contributed by atoms with E-state index >= 15 is 0 Å². The van der Waals surface area contributed by atoms with E-state index in [4.69, 9.17) is 0 Å². The molecule has 0 fully saturated rings. The number of benzene rings is 2. The van der Waals surface area contributed by atoms with Gasteiger partial charge in [-0.25, -0.2) is 13.1 Å². The number of aryl methyl sites for hydroxylation is 2. The normalized spacial score (nSPS) is 14.0. The predicted molar refractivity (Wildman–Crippen MR) is 108 cm³/mol. The number of rotatable bonds is 6. The van der Waals surface area contributed by atoms with Gasteiger partial charge in [-0.2, -0.15) is 5.10 Å². The zero-order chi connectivity index (χ0) is 19.6. The molecule has 0 unspecified atom stereocenters. The molecule has 0 saturated heterocycles. The minimum absolute atomic E-state index is 0.0409. The topological polar surface area (TPSA) is 104 Å². The Bertz CT molecular complexity index is 1120. The molecule has 3 aromatic rings. The molecular weight excluding hydrogens is 376 g/mol. The van der Waals surface area contributed by atoms with Crippen LogP contribution in [0.4, 0.5) is 5.69 Å². The van der Waals surface area contributed by atoms with Crippen LogP contribution in [0, 0.1) is 0 Å². The van der Waals surface area contributed by atoms with Crippen LogP contribution in [0.5, 0.6) is 0 Å². The molecule has 146 valence electrons. The van der Waals surface area contributed by atoms with E-state index in [1.165, 1.54) is 5.56 Å². The fourth-order valence-corrected chi connectivity index (χ4v) is 4.59. The Kier molecular flexibility index (Phi) is 5.15. The van der Waals surface area contributed by atoms with Crippen LogP contribution in [0.3, 0.4) is 0 Å². The Morgan fingerprint density at radius 2 is 1.89 bits per heavy atom. The summed E-state index contributed by atoms with van der Waals surface area (Å²) in [4.78, 5) is 12.4. The van der Waals surface area contributed by atoms with Crippen molar-refractivity contribution < 1.29 is 13.2 Å². The third kappa shape index (κ3) is 4.07. The molecule has 0 bridgehead atoms. The van der Waals surface area contributed by atoms with Gasteiger partial charge in [0.2, 0.25) is 15.9 Å². The van der Waals surface area contributed by atoms with Gasteiger partial charge in [0.25, 0.3) is 0 Å². The summed E-state index contributed by atoms with van der Waals surface area (Å²) in [5, 5.41) is 10.5. The van der Waals surface area contributed by atoms with Gasteiger partial charge in [0.15, 0.2) is 0 Å². The van der Waals surface area contributed by atoms with Gasteiger partial charge >= 0.3 is 0 Å². The van der Waals surface area contributed by atoms with Crippen LogP contribution < -0.4 is 10.0 Å². The van der Waals surface area contributed by atoms with Crippen LogP contribution in [0.2, 0.25) is 0 Å². The molecule has 2 aromatic carbocycles. The van der Waals surface area contributed by atoms with Crippen molar-refractivity contribution in [3.63, 3.8) is 0 Å². The van der Waals surface area contributed by atoms with Gasteiger partial charge in [-0.1, -0.05) is 6.07 Å². The smallest absolute Gasteiger partial charge is 0.240 e. The number of hydrogen-bond acceptors (Lipinski definition) is 4. The number of anilines is 1. The molecule has 1 aliphatic rings. The molecule has 0 saturated carbocycles. The zero-order valence-corrected chi connectivity index (χ0v) is 16.2. The van der Waals surface area contributed by atoms with Gasteiger partial charge in [0.05, 0.1) is 16.6 Å². The predicted octanol–water partition coefficient (Wildman–Crippen LogP) is 2.75. The second-order valence-corrected chi connectivity index (χ2v) is 8.77. The maximum absolute atomic E-state index is 12.5. The molecular formula is C20H22N4O3S. The van der Waals surface area contributed by atoms with Crippen molar-refractivity contribution in [2.45, 2.75) is 37.0 Å². The second kappa shape index (κ2) is 7.73. The summed E-state index contributed by atoms with van der Waals surface area (Å²) in [6.07, 6.45) is 5.90. The number of aromatic nitrogens is 2. The lowest BCUT2D eigenvalue weighted by atomic mass is 9.92. The quantitative estimate of drug-likeness (QED) is 0.594. The number of amides is 1. The lowest BCUT2D eigenvalue weighted by Crippen LogP contribution is -2.28. The van der Waals surface area contributed by atoms with Gasteiger partial charge in [-0.05, 0) is 67.1 Å². The van der Waals surface area contributed by atoms with Crippen LogP contribution in [0.1, 0.15) is 30.4 Å². The highest BCUT2D eigenvalue weighted by molar-refractivity contribution is 7.89. The fourth-order valence-electron chi connectivity index (χ4n) is 3.50. The second-order valence-electron chi connectivity index (χ2n) is 7.01. The molecule has 0 atom stereocenters. The van der Waals surface area contributed by atoms with E-state index in [0.717, 1.165) is 42.1 Å². The van der Waals surface area contributed by atoms with Crippen molar-refractivity contribution in [3.8, 4) is 0 Å².